The van der Waals surface area contributed by atoms with Gasteiger partial charge >= 0.3 is 0 Å². The molecule has 1 aromatic rings. The molecule has 0 bridgehead atoms. The number of benzene rings is 1. The van der Waals surface area contributed by atoms with Crippen LogP contribution in [0.5, 0.6) is 0 Å². The molecular weight excluding hydrogens is 238 g/mol. The Morgan fingerprint density at radius 3 is 2.64 bits per heavy atom. The smallest absolute Gasteiger partial charge is 0.0306 e. The van der Waals surface area contributed by atoms with Crippen molar-refractivity contribution in [3.63, 3.8) is 0 Å². The zero-order valence-corrected chi connectivity index (χ0v) is 10.3. The Bertz CT molecular complexity index is 273. The predicted octanol–water partition coefficient (Wildman–Crippen LogP) is 4.03. The third-order valence-corrected chi connectivity index (χ3v) is 3.15. The zero-order valence-electron chi connectivity index (χ0n) is 8.67. The van der Waals surface area contributed by atoms with E-state index < -0.39 is 0 Å². The van der Waals surface area contributed by atoms with Crippen molar-refractivity contribution in [2.75, 3.05) is 0 Å². The van der Waals surface area contributed by atoms with Crippen LogP contribution < -0.4 is 5.73 Å². The van der Waals surface area contributed by atoms with Gasteiger partial charge in [-0.3, -0.25) is 0 Å². The van der Waals surface area contributed by atoms with Crippen molar-refractivity contribution in [1.82, 2.24) is 0 Å². The summed E-state index contributed by atoms with van der Waals surface area (Å²) in [5.41, 5.74) is 7.33. The molecule has 14 heavy (non-hydrogen) atoms. The quantitative estimate of drug-likeness (QED) is 0.791. The van der Waals surface area contributed by atoms with Crippen LogP contribution in [0.4, 0.5) is 0 Å². The highest BCUT2D eigenvalue weighted by Crippen LogP contribution is 2.24. The van der Waals surface area contributed by atoms with Crippen LogP contribution in [-0.4, -0.2) is 0 Å². The lowest BCUT2D eigenvalue weighted by atomic mass is 10.0. The molecule has 0 aromatic heterocycles. The van der Waals surface area contributed by atoms with Crippen LogP contribution in [0.1, 0.15) is 44.2 Å². The number of nitrogens with two attached hydrogens (primary N) is 1. The van der Waals surface area contributed by atoms with Gasteiger partial charge in [0.25, 0.3) is 0 Å². The van der Waals surface area contributed by atoms with Gasteiger partial charge in [-0.15, -0.1) is 0 Å². The first-order valence-electron chi connectivity index (χ1n) is 5.25. The summed E-state index contributed by atoms with van der Waals surface area (Å²) >= 11 is 3.53. The van der Waals surface area contributed by atoms with E-state index in [2.05, 4.69) is 35.0 Å². The molecule has 1 nitrogen and oxygen atoms in total. The fourth-order valence-corrected chi connectivity index (χ4v) is 2.12. The molecule has 0 amide bonds. The molecule has 0 fully saturated rings. The van der Waals surface area contributed by atoms with Gasteiger partial charge in [-0.05, 0) is 18.1 Å². The SMILES string of the molecule is CCCCC[C@@H](N)c1ccccc1Br. The summed E-state index contributed by atoms with van der Waals surface area (Å²) in [7, 11) is 0. The Hall–Kier alpha value is -0.340. The van der Waals surface area contributed by atoms with Gasteiger partial charge in [0, 0.05) is 10.5 Å². The van der Waals surface area contributed by atoms with Crippen LogP contribution in [-0.2, 0) is 0 Å². The maximum Gasteiger partial charge on any atom is 0.0306 e. The maximum absolute atomic E-state index is 6.11. The Morgan fingerprint density at radius 1 is 1.29 bits per heavy atom. The maximum atomic E-state index is 6.11. The highest BCUT2D eigenvalue weighted by Gasteiger charge is 2.07. The van der Waals surface area contributed by atoms with Crippen molar-refractivity contribution in [3.05, 3.63) is 34.3 Å². The van der Waals surface area contributed by atoms with Crippen LogP contribution in [0.25, 0.3) is 0 Å². The Labute approximate surface area is 94.8 Å². The van der Waals surface area contributed by atoms with E-state index in [4.69, 9.17) is 5.73 Å². The lowest BCUT2D eigenvalue weighted by Crippen LogP contribution is -2.10. The van der Waals surface area contributed by atoms with Crippen LogP contribution in [0.15, 0.2) is 28.7 Å². The Kier molecular flexibility index (Phi) is 5.20. The van der Waals surface area contributed by atoms with Gasteiger partial charge in [-0.25, -0.2) is 0 Å². The summed E-state index contributed by atoms with van der Waals surface area (Å²) in [6.45, 7) is 2.21. The minimum atomic E-state index is 0.178. The van der Waals surface area contributed by atoms with Gasteiger partial charge in [-0.2, -0.15) is 0 Å². The molecule has 0 aliphatic rings. The molecule has 0 aliphatic carbocycles. The summed E-state index contributed by atoms with van der Waals surface area (Å²) in [5.74, 6) is 0. The van der Waals surface area contributed by atoms with E-state index in [0.717, 1.165) is 10.9 Å². The highest BCUT2D eigenvalue weighted by molar-refractivity contribution is 9.10. The molecule has 0 radical (unpaired) electrons. The lowest BCUT2D eigenvalue weighted by Gasteiger charge is -2.13. The second-order valence-corrected chi connectivity index (χ2v) is 4.48. The third kappa shape index (κ3) is 3.43. The summed E-state index contributed by atoms with van der Waals surface area (Å²) in [4.78, 5) is 0. The lowest BCUT2D eigenvalue weighted by molar-refractivity contribution is 0.580. The van der Waals surface area contributed by atoms with E-state index in [1.165, 1.54) is 24.8 Å². The molecule has 0 saturated heterocycles. The normalized spacial score (nSPS) is 12.8. The summed E-state index contributed by atoms with van der Waals surface area (Å²) in [6, 6.07) is 8.39. The summed E-state index contributed by atoms with van der Waals surface area (Å²) in [6.07, 6.45) is 4.83. The van der Waals surface area contributed by atoms with Crippen LogP contribution in [0.2, 0.25) is 0 Å². The zero-order chi connectivity index (χ0) is 10.4. The molecule has 0 unspecified atom stereocenters. The van der Waals surface area contributed by atoms with E-state index in [1.54, 1.807) is 0 Å². The van der Waals surface area contributed by atoms with Crippen molar-refractivity contribution in [3.8, 4) is 0 Å². The number of halogens is 1. The molecule has 1 atom stereocenters. The number of hydrogen-bond acceptors (Lipinski definition) is 1. The van der Waals surface area contributed by atoms with Gasteiger partial charge in [-0.1, -0.05) is 60.3 Å². The van der Waals surface area contributed by atoms with Gasteiger partial charge in [0.2, 0.25) is 0 Å². The minimum Gasteiger partial charge on any atom is -0.324 e. The van der Waals surface area contributed by atoms with E-state index in [1.807, 2.05) is 12.1 Å². The number of hydrogen-bond donors (Lipinski definition) is 1. The average molecular weight is 256 g/mol. The standard InChI is InChI=1S/C12H18BrN/c1-2-3-4-9-12(14)10-7-5-6-8-11(10)13/h5-8,12H,2-4,9,14H2,1H3/t12-/m1/s1. The average Bonchev–Trinajstić information content (AvgIpc) is 2.18. The fourth-order valence-electron chi connectivity index (χ4n) is 1.55. The van der Waals surface area contributed by atoms with Gasteiger partial charge in [0.1, 0.15) is 0 Å². The van der Waals surface area contributed by atoms with Crippen molar-refractivity contribution >= 4 is 15.9 Å². The van der Waals surface area contributed by atoms with E-state index >= 15 is 0 Å². The van der Waals surface area contributed by atoms with Gasteiger partial charge < -0.3 is 5.73 Å². The van der Waals surface area contributed by atoms with E-state index in [-0.39, 0.29) is 6.04 Å². The van der Waals surface area contributed by atoms with Crippen LogP contribution in [0, 0.1) is 0 Å². The van der Waals surface area contributed by atoms with Crippen molar-refractivity contribution < 1.29 is 0 Å². The topological polar surface area (TPSA) is 26.0 Å². The Morgan fingerprint density at radius 2 is 2.00 bits per heavy atom. The van der Waals surface area contributed by atoms with Crippen molar-refractivity contribution in [1.29, 1.82) is 0 Å². The molecule has 2 N–H and O–H groups in total. The Balaban J connectivity index is 2.51. The summed E-state index contributed by atoms with van der Waals surface area (Å²) < 4.78 is 1.13. The van der Waals surface area contributed by atoms with Gasteiger partial charge in [0.15, 0.2) is 0 Å². The molecule has 2 heteroatoms. The highest BCUT2D eigenvalue weighted by atomic mass is 79.9. The first-order chi connectivity index (χ1) is 6.75. The predicted molar refractivity (Wildman–Crippen MR) is 65.2 cm³/mol. The molecule has 1 rings (SSSR count). The second-order valence-electron chi connectivity index (χ2n) is 3.62. The van der Waals surface area contributed by atoms with Crippen LogP contribution >= 0.6 is 15.9 Å². The van der Waals surface area contributed by atoms with Crippen molar-refractivity contribution in [2.45, 2.75) is 38.6 Å². The second kappa shape index (κ2) is 6.20. The molecule has 0 saturated carbocycles. The van der Waals surface area contributed by atoms with Crippen LogP contribution in [0.3, 0.4) is 0 Å². The van der Waals surface area contributed by atoms with E-state index in [9.17, 15) is 0 Å². The fraction of sp³-hybridized carbons (Fsp3) is 0.500. The van der Waals surface area contributed by atoms with Crippen molar-refractivity contribution in [2.24, 2.45) is 5.73 Å². The first-order valence-corrected chi connectivity index (χ1v) is 6.05. The molecule has 1 aromatic carbocycles. The molecule has 0 aliphatic heterocycles. The molecule has 0 spiro atoms. The summed E-state index contributed by atoms with van der Waals surface area (Å²) in [5, 5.41) is 0. The van der Waals surface area contributed by atoms with Gasteiger partial charge in [0.05, 0.1) is 0 Å². The molecule has 78 valence electrons. The molecule has 0 heterocycles. The minimum absolute atomic E-state index is 0.178. The van der Waals surface area contributed by atoms with E-state index in [0.29, 0.717) is 0 Å². The largest absolute Gasteiger partial charge is 0.324 e. The molecular formula is C12H18BrN. The first kappa shape index (κ1) is 11.7. The third-order valence-electron chi connectivity index (χ3n) is 2.42. The number of unbranched alkanes of at least 4 members (excludes halogenated alkanes) is 2. The monoisotopic (exact) mass is 255 g/mol. The number of rotatable bonds is 5.